The lowest BCUT2D eigenvalue weighted by Crippen LogP contribution is -2.31. The number of benzene rings is 1. The Balaban J connectivity index is 2.57. The van der Waals surface area contributed by atoms with Gasteiger partial charge in [0, 0.05) is 13.1 Å². The second kappa shape index (κ2) is 5.18. The van der Waals surface area contributed by atoms with Crippen LogP contribution < -0.4 is 0 Å². The van der Waals surface area contributed by atoms with Gasteiger partial charge in [0.05, 0.1) is 16.7 Å². The predicted octanol–water partition coefficient (Wildman–Crippen LogP) is 2.11. The van der Waals surface area contributed by atoms with Crippen LogP contribution in [0.2, 0.25) is 5.02 Å². The van der Waals surface area contributed by atoms with Crippen LogP contribution in [0.15, 0.2) is 23.1 Å². The molecule has 9 heteroatoms. The monoisotopic (exact) mass is 329 g/mol. The van der Waals surface area contributed by atoms with Crippen LogP contribution in [0.5, 0.6) is 0 Å². The summed E-state index contributed by atoms with van der Waals surface area (Å²) in [6.45, 7) is -0.267. The SMILES string of the molecule is O=S(=O)(c1c(Cl)cccc1C(F)(F)F)N1CC[C@H](O)C1. The Hall–Kier alpha value is -0.830. The molecule has 0 spiro atoms. The number of hydrogen-bond donors (Lipinski definition) is 1. The first-order valence-electron chi connectivity index (χ1n) is 5.68. The molecule has 4 nitrogen and oxygen atoms in total. The third kappa shape index (κ3) is 2.78. The molecule has 0 radical (unpaired) electrons. The lowest BCUT2D eigenvalue weighted by atomic mass is 10.2. The minimum atomic E-state index is -4.83. The lowest BCUT2D eigenvalue weighted by molar-refractivity contribution is -0.139. The zero-order valence-electron chi connectivity index (χ0n) is 10.1. The van der Waals surface area contributed by atoms with E-state index in [-0.39, 0.29) is 19.5 Å². The quantitative estimate of drug-likeness (QED) is 0.904. The van der Waals surface area contributed by atoms with Gasteiger partial charge in [0.15, 0.2) is 0 Å². The van der Waals surface area contributed by atoms with E-state index in [4.69, 9.17) is 11.6 Å². The Morgan fingerprint density at radius 3 is 2.50 bits per heavy atom. The molecule has 1 heterocycles. The molecule has 2 rings (SSSR count). The van der Waals surface area contributed by atoms with Gasteiger partial charge in [0.25, 0.3) is 0 Å². The van der Waals surface area contributed by atoms with Gasteiger partial charge in [-0.15, -0.1) is 0 Å². The summed E-state index contributed by atoms with van der Waals surface area (Å²) in [5.74, 6) is 0. The first-order valence-corrected chi connectivity index (χ1v) is 7.50. The maximum atomic E-state index is 12.9. The number of rotatable bonds is 2. The highest BCUT2D eigenvalue weighted by Crippen LogP contribution is 2.39. The van der Waals surface area contributed by atoms with Crippen molar-refractivity contribution < 1.29 is 26.7 Å². The smallest absolute Gasteiger partial charge is 0.392 e. The van der Waals surface area contributed by atoms with E-state index < -0.39 is 37.8 Å². The maximum absolute atomic E-state index is 12.9. The second-order valence-corrected chi connectivity index (χ2v) is 6.70. The van der Waals surface area contributed by atoms with E-state index in [0.29, 0.717) is 6.07 Å². The van der Waals surface area contributed by atoms with Crippen LogP contribution >= 0.6 is 11.6 Å². The van der Waals surface area contributed by atoms with Crippen molar-refractivity contribution in [2.75, 3.05) is 13.1 Å². The van der Waals surface area contributed by atoms with Crippen LogP contribution in [-0.4, -0.2) is 37.0 Å². The standard InChI is InChI=1S/C11H11ClF3NO3S/c12-9-3-1-2-8(11(13,14)15)10(9)20(18,19)16-5-4-7(17)6-16/h1-3,7,17H,4-6H2/t7-/m0/s1. The fourth-order valence-electron chi connectivity index (χ4n) is 2.05. The van der Waals surface area contributed by atoms with Gasteiger partial charge in [-0.05, 0) is 18.6 Å². The molecule has 1 saturated heterocycles. The highest BCUT2D eigenvalue weighted by atomic mass is 35.5. The Morgan fingerprint density at radius 1 is 1.35 bits per heavy atom. The summed E-state index contributed by atoms with van der Waals surface area (Å²) in [6.07, 6.45) is -5.52. The van der Waals surface area contributed by atoms with E-state index >= 15 is 0 Å². The number of β-amino-alcohol motifs (C(OH)–C–C–N with tert-alkyl or cyclic N) is 1. The van der Waals surface area contributed by atoms with Gasteiger partial charge in [-0.25, -0.2) is 8.42 Å². The molecule has 0 bridgehead atoms. The number of halogens is 4. The van der Waals surface area contributed by atoms with E-state index in [9.17, 15) is 26.7 Å². The summed E-state index contributed by atoms with van der Waals surface area (Å²) in [5.41, 5.74) is -1.30. The summed E-state index contributed by atoms with van der Waals surface area (Å²) in [7, 11) is -4.39. The molecular formula is C11H11ClF3NO3S. The molecule has 1 aromatic carbocycles. The summed E-state index contributed by atoms with van der Waals surface area (Å²) < 4.78 is 64.2. The zero-order valence-corrected chi connectivity index (χ0v) is 11.6. The average Bonchev–Trinajstić information content (AvgIpc) is 2.74. The lowest BCUT2D eigenvalue weighted by Gasteiger charge is -2.20. The molecule has 1 atom stereocenters. The van der Waals surface area contributed by atoms with Gasteiger partial charge >= 0.3 is 6.18 Å². The van der Waals surface area contributed by atoms with Gasteiger partial charge in [-0.2, -0.15) is 17.5 Å². The van der Waals surface area contributed by atoms with Gasteiger partial charge in [-0.3, -0.25) is 0 Å². The van der Waals surface area contributed by atoms with E-state index in [1.807, 2.05) is 0 Å². The minimum Gasteiger partial charge on any atom is -0.392 e. The zero-order chi connectivity index (χ0) is 15.1. The minimum absolute atomic E-state index is 0.0357. The molecule has 0 amide bonds. The predicted molar refractivity (Wildman–Crippen MR) is 65.8 cm³/mol. The van der Waals surface area contributed by atoms with E-state index in [2.05, 4.69) is 0 Å². The fourth-order valence-corrected chi connectivity index (χ4v) is 4.27. The van der Waals surface area contributed by atoms with Crippen molar-refractivity contribution in [1.29, 1.82) is 0 Å². The Morgan fingerprint density at radius 2 is 2.00 bits per heavy atom. The van der Waals surface area contributed by atoms with Gasteiger partial charge < -0.3 is 5.11 Å². The van der Waals surface area contributed by atoms with E-state index in [0.717, 1.165) is 16.4 Å². The van der Waals surface area contributed by atoms with Gasteiger partial charge in [0.2, 0.25) is 10.0 Å². The first-order chi connectivity index (χ1) is 9.14. The molecule has 20 heavy (non-hydrogen) atoms. The molecule has 1 N–H and O–H groups in total. The van der Waals surface area contributed by atoms with E-state index in [1.165, 1.54) is 0 Å². The molecule has 1 aliphatic heterocycles. The van der Waals surface area contributed by atoms with Crippen LogP contribution in [0.3, 0.4) is 0 Å². The molecule has 0 aliphatic carbocycles. The third-order valence-corrected chi connectivity index (χ3v) is 5.39. The van der Waals surface area contributed by atoms with Crippen molar-refractivity contribution in [3.05, 3.63) is 28.8 Å². The topological polar surface area (TPSA) is 57.6 Å². The Kier molecular flexibility index (Phi) is 4.03. The van der Waals surface area contributed by atoms with Crippen molar-refractivity contribution in [3.8, 4) is 0 Å². The highest BCUT2D eigenvalue weighted by Gasteiger charge is 2.42. The second-order valence-electron chi connectivity index (χ2n) is 4.42. The van der Waals surface area contributed by atoms with Crippen LogP contribution in [-0.2, 0) is 16.2 Å². The van der Waals surface area contributed by atoms with E-state index in [1.54, 1.807) is 0 Å². The van der Waals surface area contributed by atoms with Crippen molar-refractivity contribution in [1.82, 2.24) is 4.31 Å². The number of hydrogen-bond acceptors (Lipinski definition) is 3. The maximum Gasteiger partial charge on any atom is 0.417 e. The number of alkyl halides is 3. The Bertz CT molecular complexity index is 618. The first kappa shape index (κ1) is 15.6. The molecule has 112 valence electrons. The molecule has 1 fully saturated rings. The number of sulfonamides is 1. The van der Waals surface area contributed by atoms with Gasteiger partial charge in [0.1, 0.15) is 4.90 Å². The van der Waals surface area contributed by atoms with Crippen molar-refractivity contribution in [3.63, 3.8) is 0 Å². The normalized spacial score (nSPS) is 21.4. The summed E-state index contributed by atoms with van der Waals surface area (Å²) in [6, 6.07) is 2.81. The summed E-state index contributed by atoms with van der Waals surface area (Å²) in [4.78, 5) is -0.955. The number of aliphatic hydroxyl groups excluding tert-OH is 1. The largest absolute Gasteiger partial charge is 0.417 e. The molecule has 0 unspecified atom stereocenters. The van der Waals surface area contributed by atoms with Crippen LogP contribution in [0.25, 0.3) is 0 Å². The third-order valence-electron chi connectivity index (χ3n) is 3.00. The van der Waals surface area contributed by atoms with Crippen molar-refractivity contribution in [2.45, 2.75) is 23.6 Å². The average molecular weight is 330 g/mol. The van der Waals surface area contributed by atoms with Gasteiger partial charge in [-0.1, -0.05) is 17.7 Å². The summed E-state index contributed by atoms with van der Waals surface area (Å²) in [5, 5.41) is 8.86. The van der Waals surface area contributed by atoms with Crippen LogP contribution in [0.4, 0.5) is 13.2 Å². The molecular weight excluding hydrogens is 319 g/mol. The highest BCUT2D eigenvalue weighted by molar-refractivity contribution is 7.89. The molecule has 0 aromatic heterocycles. The molecule has 0 saturated carbocycles. The van der Waals surface area contributed by atoms with Crippen molar-refractivity contribution in [2.24, 2.45) is 0 Å². The summed E-state index contributed by atoms with van der Waals surface area (Å²) >= 11 is 5.67. The van der Waals surface area contributed by atoms with Crippen LogP contribution in [0.1, 0.15) is 12.0 Å². The fraction of sp³-hybridized carbons (Fsp3) is 0.455. The van der Waals surface area contributed by atoms with Crippen molar-refractivity contribution >= 4 is 21.6 Å². The molecule has 1 aliphatic rings. The molecule has 1 aromatic rings. The van der Waals surface area contributed by atoms with Crippen LogP contribution in [0, 0.1) is 0 Å². The Labute approximate surface area is 118 Å². The number of nitrogens with zero attached hydrogens (tertiary/aromatic N) is 1. The number of aliphatic hydroxyl groups is 1.